The first kappa shape index (κ1) is 11.8. The molecule has 2 aromatic rings. The molecule has 0 amide bonds. The molecule has 4 nitrogen and oxygen atoms in total. The van der Waals surface area contributed by atoms with E-state index < -0.39 is 0 Å². The Hall–Kier alpha value is -1.68. The quantitative estimate of drug-likeness (QED) is 0.869. The molecule has 90 valence electrons. The monoisotopic (exact) mass is 230 g/mol. The highest BCUT2D eigenvalue weighted by molar-refractivity contribution is 5.88. The summed E-state index contributed by atoms with van der Waals surface area (Å²) in [5.74, 6) is 1.80. The van der Waals surface area contributed by atoms with Crippen molar-refractivity contribution in [2.75, 3.05) is 33.0 Å². The summed E-state index contributed by atoms with van der Waals surface area (Å²) in [5, 5.41) is 4.21. The minimum Gasteiger partial charge on any atom is -0.373 e. The summed E-state index contributed by atoms with van der Waals surface area (Å²) in [4.78, 5) is 11.3. The SMILES string of the molecule is CNc1nc(CCN(C)C)nc2ccccc12. The van der Waals surface area contributed by atoms with Crippen LogP contribution in [0, 0.1) is 0 Å². The Balaban J connectivity index is 2.38. The predicted molar refractivity (Wildman–Crippen MR) is 71.3 cm³/mol. The van der Waals surface area contributed by atoms with Gasteiger partial charge in [0.05, 0.1) is 5.52 Å². The van der Waals surface area contributed by atoms with E-state index in [1.165, 1.54) is 0 Å². The number of aromatic nitrogens is 2. The Morgan fingerprint density at radius 2 is 1.94 bits per heavy atom. The fourth-order valence-corrected chi connectivity index (χ4v) is 1.75. The van der Waals surface area contributed by atoms with Crippen LogP contribution in [0.25, 0.3) is 10.9 Å². The Kier molecular flexibility index (Phi) is 3.54. The maximum absolute atomic E-state index is 4.58. The van der Waals surface area contributed by atoms with E-state index in [-0.39, 0.29) is 0 Å². The van der Waals surface area contributed by atoms with E-state index in [4.69, 9.17) is 0 Å². The molecule has 4 heteroatoms. The van der Waals surface area contributed by atoms with Gasteiger partial charge in [0, 0.05) is 25.4 Å². The number of anilines is 1. The van der Waals surface area contributed by atoms with Gasteiger partial charge in [0.2, 0.25) is 0 Å². The van der Waals surface area contributed by atoms with Crippen molar-refractivity contribution >= 4 is 16.7 Å². The molecular weight excluding hydrogens is 212 g/mol. The predicted octanol–water partition coefficient (Wildman–Crippen LogP) is 1.78. The lowest BCUT2D eigenvalue weighted by Crippen LogP contribution is -2.16. The number of hydrogen-bond acceptors (Lipinski definition) is 4. The Morgan fingerprint density at radius 1 is 1.18 bits per heavy atom. The van der Waals surface area contributed by atoms with Gasteiger partial charge >= 0.3 is 0 Å². The standard InChI is InChI=1S/C13H18N4/c1-14-13-10-6-4-5-7-11(10)15-12(16-13)8-9-17(2)3/h4-7H,8-9H2,1-3H3,(H,14,15,16). The van der Waals surface area contributed by atoms with Crippen molar-refractivity contribution < 1.29 is 0 Å². The van der Waals surface area contributed by atoms with Crippen molar-refractivity contribution in [3.63, 3.8) is 0 Å². The third-order valence-corrected chi connectivity index (χ3v) is 2.67. The van der Waals surface area contributed by atoms with Crippen molar-refractivity contribution in [3.8, 4) is 0 Å². The first-order valence-corrected chi connectivity index (χ1v) is 5.79. The number of nitrogens with zero attached hydrogens (tertiary/aromatic N) is 3. The summed E-state index contributed by atoms with van der Waals surface area (Å²) >= 11 is 0. The minimum atomic E-state index is 0.868. The largest absolute Gasteiger partial charge is 0.373 e. The molecular formula is C13H18N4. The molecule has 0 unspecified atom stereocenters. The number of rotatable bonds is 4. The van der Waals surface area contributed by atoms with E-state index in [9.17, 15) is 0 Å². The molecule has 0 bridgehead atoms. The molecule has 0 radical (unpaired) electrons. The second-order valence-electron chi connectivity index (χ2n) is 4.31. The normalized spacial score (nSPS) is 11.1. The van der Waals surface area contributed by atoms with Crippen molar-refractivity contribution in [3.05, 3.63) is 30.1 Å². The Bertz CT molecular complexity index is 508. The van der Waals surface area contributed by atoms with Gasteiger partial charge in [-0.25, -0.2) is 9.97 Å². The average molecular weight is 230 g/mol. The third kappa shape index (κ3) is 2.71. The number of likely N-dealkylation sites (N-methyl/N-ethyl adjacent to an activating group) is 1. The van der Waals surface area contributed by atoms with Gasteiger partial charge in [-0.05, 0) is 26.2 Å². The molecule has 0 fully saturated rings. The van der Waals surface area contributed by atoms with E-state index in [1.807, 2.05) is 31.3 Å². The molecule has 0 aliphatic carbocycles. The zero-order valence-corrected chi connectivity index (χ0v) is 10.6. The first-order chi connectivity index (χ1) is 8.20. The van der Waals surface area contributed by atoms with Gasteiger partial charge in [0.1, 0.15) is 11.6 Å². The third-order valence-electron chi connectivity index (χ3n) is 2.67. The van der Waals surface area contributed by atoms with Crippen LogP contribution in [0.5, 0.6) is 0 Å². The molecule has 17 heavy (non-hydrogen) atoms. The lowest BCUT2D eigenvalue weighted by atomic mass is 10.2. The Labute approximate surface area is 102 Å². The van der Waals surface area contributed by atoms with E-state index in [1.54, 1.807) is 0 Å². The summed E-state index contributed by atoms with van der Waals surface area (Å²) in [7, 11) is 6.00. The topological polar surface area (TPSA) is 41.1 Å². The summed E-state index contributed by atoms with van der Waals surface area (Å²) in [6.07, 6.45) is 0.868. The van der Waals surface area contributed by atoms with E-state index in [2.05, 4.69) is 34.3 Å². The van der Waals surface area contributed by atoms with Crippen LogP contribution < -0.4 is 5.32 Å². The molecule has 0 saturated carbocycles. The lowest BCUT2D eigenvalue weighted by Gasteiger charge is -2.10. The second-order valence-corrected chi connectivity index (χ2v) is 4.31. The van der Waals surface area contributed by atoms with Gasteiger partial charge in [-0.2, -0.15) is 0 Å². The number of hydrogen-bond donors (Lipinski definition) is 1. The summed E-state index contributed by atoms with van der Waals surface area (Å²) in [5.41, 5.74) is 1.00. The lowest BCUT2D eigenvalue weighted by molar-refractivity contribution is 0.410. The molecule has 0 atom stereocenters. The fourth-order valence-electron chi connectivity index (χ4n) is 1.75. The van der Waals surface area contributed by atoms with Crippen LogP contribution in [0.2, 0.25) is 0 Å². The zero-order valence-electron chi connectivity index (χ0n) is 10.6. The number of benzene rings is 1. The molecule has 0 aliphatic heterocycles. The smallest absolute Gasteiger partial charge is 0.137 e. The highest BCUT2D eigenvalue weighted by Gasteiger charge is 2.06. The first-order valence-electron chi connectivity index (χ1n) is 5.79. The minimum absolute atomic E-state index is 0.868. The highest BCUT2D eigenvalue weighted by atomic mass is 15.1. The van der Waals surface area contributed by atoms with Crippen molar-refractivity contribution in [2.45, 2.75) is 6.42 Å². The van der Waals surface area contributed by atoms with E-state index in [0.717, 1.165) is 35.5 Å². The summed E-state index contributed by atoms with van der Waals surface area (Å²) < 4.78 is 0. The maximum Gasteiger partial charge on any atom is 0.137 e. The van der Waals surface area contributed by atoms with Crippen molar-refractivity contribution in [1.82, 2.24) is 14.9 Å². The summed E-state index contributed by atoms with van der Waals surface area (Å²) in [6.45, 7) is 0.960. The van der Waals surface area contributed by atoms with Crippen LogP contribution in [-0.2, 0) is 6.42 Å². The fraction of sp³-hybridized carbons (Fsp3) is 0.385. The molecule has 1 heterocycles. The zero-order chi connectivity index (χ0) is 12.3. The molecule has 2 rings (SSSR count). The number of fused-ring (bicyclic) bond motifs is 1. The summed E-state index contributed by atoms with van der Waals surface area (Å²) in [6, 6.07) is 8.07. The van der Waals surface area contributed by atoms with Crippen LogP contribution >= 0.6 is 0 Å². The Morgan fingerprint density at radius 3 is 2.65 bits per heavy atom. The van der Waals surface area contributed by atoms with E-state index in [0.29, 0.717) is 0 Å². The van der Waals surface area contributed by atoms with Crippen molar-refractivity contribution in [2.24, 2.45) is 0 Å². The van der Waals surface area contributed by atoms with Gasteiger partial charge in [-0.1, -0.05) is 12.1 Å². The van der Waals surface area contributed by atoms with Gasteiger partial charge in [0.25, 0.3) is 0 Å². The molecule has 0 aliphatic rings. The average Bonchev–Trinajstić information content (AvgIpc) is 2.35. The van der Waals surface area contributed by atoms with Crippen molar-refractivity contribution in [1.29, 1.82) is 0 Å². The molecule has 1 aromatic heterocycles. The van der Waals surface area contributed by atoms with Crippen LogP contribution in [-0.4, -0.2) is 42.6 Å². The second kappa shape index (κ2) is 5.10. The van der Waals surface area contributed by atoms with Gasteiger partial charge in [0.15, 0.2) is 0 Å². The molecule has 0 spiro atoms. The molecule has 0 saturated heterocycles. The van der Waals surface area contributed by atoms with Gasteiger partial charge in [-0.15, -0.1) is 0 Å². The number of para-hydroxylation sites is 1. The van der Waals surface area contributed by atoms with Gasteiger partial charge < -0.3 is 10.2 Å². The molecule has 1 aromatic carbocycles. The van der Waals surface area contributed by atoms with E-state index >= 15 is 0 Å². The van der Waals surface area contributed by atoms with Gasteiger partial charge in [-0.3, -0.25) is 0 Å². The molecule has 1 N–H and O–H groups in total. The van der Waals surface area contributed by atoms with Crippen LogP contribution in [0.3, 0.4) is 0 Å². The van der Waals surface area contributed by atoms with Crippen LogP contribution in [0.4, 0.5) is 5.82 Å². The number of nitrogens with one attached hydrogen (secondary N) is 1. The highest BCUT2D eigenvalue weighted by Crippen LogP contribution is 2.19. The van der Waals surface area contributed by atoms with Crippen LogP contribution in [0.1, 0.15) is 5.82 Å². The van der Waals surface area contributed by atoms with Crippen LogP contribution in [0.15, 0.2) is 24.3 Å². The maximum atomic E-state index is 4.58.